The smallest absolute Gasteiger partial charge is 0 e. The molecule has 0 heterocycles. The first-order chi connectivity index (χ1) is 4.91. The van der Waals surface area contributed by atoms with Crippen LogP contribution < -0.4 is 0 Å². The predicted octanol–water partition coefficient (Wildman–Crippen LogP) is 3.77. The summed E-state index contributed by atoms with van der Waals surface area (Å²) < 4.78 is 0. The summed E-state index contributed by atoms with van der Waals surface area (Å²) in [6.45, 7) is 4.54. The van der Waals surface area contributed by atoms with Crippen molar-refractivity contribution in [3.63, 3.8) is 0 Å². The second-order valence-electron chi connectivity index (χ2n) is 3.12. The second-order valence-corrected chi connectivity index (χ2v) is 3.12. The zero-order valence-corrected chi connectivity index (χ0v) is 10.7. The van der Waals surface area contributed by atoms with Crippen molar-refractivity contribution in [3.8, 4) is 0 Å². The number of hydrogen-bond acceptors (Lipinski definition) is 0. The van der Waals surface area contributed by atoms with E-state index < -0.39 is 0 Å². The van der Waals surface area contributed by atoms with Crippen molar-refractivity contribution < 1.29 is 0 Å². The van der Waals surface area contributed by atoms with Crippen LogP contribution in [-0.2, 0) is 0 Å². The minimum absolute atomic E-state index is 0. The molecule has 0 unspecified atom stereocenters. The van der Waals surface area contributed by atoms with Crippen LogP contribution in [0.3, 0.4) is 0 Å². The average molecular weight is 165 g/mol. The first-order valence-corrected chi connectivity index (χ1v) is 4.91. The zero-order valence-electron chi connectivity index (χ0n) is 8.66. The van der Waals surface area contributed by atoms with Gasteiger partial charge in [-0.1, -0.05) is 65.2 Å². The van der Waals surface area contributed by atoms with Crippen molar-refractivity contribution in [1.29, 1.82) is 0 Å². The van der Waals surface area contributed by atoms with Crippen LogP contribution in [0.2, 0.25) is 0 Å². The maximum atomic E-state index is 2.27. The normalized spacial score (nSPS) is 9.27. The van der Waals surface area contributed by atoms with Crippen molar-refractivity contribution in [2.45, 2.75) is 65.2 Å². The van der Waals surface area contributed by atoms with E-state index in [0.29, 0.717) is 0 Å². The summed E-state index contributed by atoms with van der Waals surface area (Å²) in [7, 11) is 0. The molecule has 0 rings (SSSR count). The first kappa shape index (κ1) is 14.5. The Labute approximate surface area is 94.4 Å². The van der Waals surface area contributed by atoms with Crippen LogP contribution in [0.4, 0.5) is 0 Å². The minimum Gasteiger partial charge on any atom is -0.0654 e. The minimum atomic E-state index is 0. The van der Waals surface area contributed by atoms with E-state index in [2.05, 4.69) is 13.8 Å². The third-order valence-electron chi connectivity index (χ3n) is 1.96. The molecule has 0 aliphatic heterocycles. The summed E-state index contributed by atoms with van der Waals surface area (Å²) >= 11 is 0. The maximum absolute atomic E-state index is 2.27. The molecule has 0 bridgehead atoms. The SMILES string of the molecule is CCCCCCCCCC.[Na]. The summed E-state index contributed by atoms with van der Waals surface area (Å²) in [4.78, 5) is 0. The van der Waals surface area contributed by atoms with E-state index in [1.165, 1.54) is 51.4 Å². The van der Waals surface area contributed by atoms with Crippen LogP contribution in [0.25, 0.3) is 0 Å². The Morgan fingerprint density at radius 3 is 1.09 bits per heavy atom. The summed E-state index contributed by atoms with van der Waals surface area (Å²) in [6.07, 6.45) is 11.5. The van der Waals surface area contributed by atoms with Crippen LogP contribution >= 0.6 is 0 Å². The Bertz CT molecular complexity index is 44.8. The van der Waals surface area contributed by atoms with Gasteiger partial charge in [0, 0.05) is 29.6 Å². The van der Waals surface area contributed by atoms with Crippen LogP contribution in [0, 0.1) is 0 Å². The Hall–Kier alpha value is 1.00. The molecule has 0 aromatic carbocycles. The van der Waals surface area contributed by atoms with Gasteiger partial charge in [-0.2, -0.15) is 0 Å². The van der Waals surface area contributed by atoms with Crippen LogP contribution in [0.1, 0.15) is 65.2 Å². The van der Waals surface area contributed by atoms with E-state index in [4.69, 9.17) is 0 Å². The predicted molar refractivity (Wildman–Crippen MR) is 54.0 cm³/mol. The van der Waals surface area contributed by atoms with Crippen molar-refractivity contribution in [3.05, 3.63) is 0 Å². The molecule has 0 aliphatic carbocycles. The van der Waals surface area contributed by atoms with E-state index in [-0.39, 0.29) is 29.6 Å². The summed E-state index contributed by atoms with van der Waals surface area (Å²) in [5, 5.41) is 0. The van der Waals surface area contributed by atoms with Gasteiger partial charge in [-0.25, -0.2) is 0 Å². The molecule has 0 saturated carbocycles. The molecular formula is C10H22Na. The van der Waals surface area contributed by atoms with Gasteiger partial charge in [0.25, 0.3) is 0 Å². The van der Waals surface area contributed by atoms with Crippen molar-refractivity contribution >= 4 is 29.6 Å². The summed E-state index contributed by atoms with van der Waals surface area (Å²) in [6, 6.07) is 0. The van der Waals surface area contributed by atoms with E-state index in [1.807, 2.05) is 0 Å². The summed E-state index contributed by atoms with van der Waals surface area (Å²) in [5.74, 6) is 0. The third kappa shape index (κ3) is 13.9. The van der Waals surface area contributed by atoms with Crippen molar-refractivity contribution in [2.24, 2.45) is 0 Å². The van der Waals surface area contributed by atoms with Gasteiger partial charge >= 0.3 is 0 Å². The second kappa shape index (κ2) is 13.6. The van der Waals surface area contributed by atoms with E-state index in [0.717, 1.165) is 0 Å². The topological polar surface area (TPSA) is 0 Å². The number of unbranched alkanes of at least 4 members (excludes halogenated alkanes) is 7. The Kier molecular flexibility index (Phi) is 17.9. The molecule has 0 nitrogen and oxygen atoms in total. The Morgan fingerprint density at radius 2 is 0.818 bits per heavy atom. The molecule has 0 spiro atoms. The third-order valence-corrected chi connectivity index (χ3v) is 1.96. The molecule has 0 aromatic heterocycles. The van der Waals surface area contributed by atoms with Crippen molar-refractivity contribution in [2.75, 3.05) is 0 Å². The molecule has 1 heteroatoms. The maximum Gasteiger partial charge on any atom is 0 e. The van der Waals surface area contributed by atoms with Gasteiger partial charge in [0.2, 0.25) is 0 Å². The molecular weight excluding hydrogens is 143 g/mol. The van der Waals surface area contributed by atoms with E-state index in [1.54, 1.807) is 0 Å². The standard InChI is InChI=1S/C10H22.Na/c1-3-5-7-9-10-8-6-4-2;/h3-10H2,1-2H3;. The molecule has 0 saturated heterocycles. The largest absolute Gasteiger partial charge is 0.0654 e. The fourth-order valence-electron chi connectivity index (χ4n) is 1.21. The quantitative estimate of drug-likeness (QED) is 0.398. The van der Waals surface area contributed by atoms with Gasteiger partial charge in [0.15, 0.2) is 0 Å². The Morgan fingerprint density at radius 1 is 0.545 bits per heavy atom. The number of rotatable bonds is 7. The van der Waals surface area contributed by atoms with Crippen LogP contribution in [0.5, 0.6) is 0 Å². The van der Waals surface area contributed by atoms with E-state index >= 15 is 0 Å². The van der Waals surface area contributed by atoms with Crippen molar-refractivity contribution in [1.82, 2.24) is 0 Å². The molecule has 0 atom stereocenters. The molecule has 0 N–H and O–H groups in total. The molecule has 63 valence electrons. The molecule has 0 aromatic rings. The first-order valence-electron chi connectivity index (χ1n) is 4.91. The zero-order chi connectivity index (χ0) is 7.66. The molecule has 11 heavy (non-hydrogen) atoms. The van der Waals surface area contributed by atoms with Gasteiger partial charge in [-0.3, -0.25) is 0 Å². The van der Waals surface area contributed by atoms with Crippen LogP contribution in [-0.4, -0.2) is 29.6 Å². The summed E-state index contributed by atoms with van der Waals surface area (Å²) in [5.41, 5.74) is 0. The molecule has 0 amide bonds. The number of hydrogen-bond donors (Lipinski definition) is 0. The van der Waals surface area contributed by atoms with Gasteiger partial charge in [-0.15, -0.1) is 0 Å². The molecule has 1 radical (unpaired) electrons. The van der Waals surface area contributed by atoms with Gasteiger partial charge in [-0.05, 0) is 0 Å². The molecule has 0 aliphatic rings. The average Bonchev–Trinajstić information content (AvgIpc) is 1.97. The van der Waals surface area contributed by atoms with E-state index in [9.17, 15) is 0 Å². The monoisotopic (exact) mass is 165 g/mol. The van der Waals surface area contributed by atoms with Crippen LogP contribution in [0.15, 0.2) is 0 Å². The Balaban J connectivity index is 0. The van der Waals surface area contributed by atoms with Gasteiger partial charge < -0.3 is 0 Å². The van der Waals surface area contributed by atoms with Gasteiger partial charge in [0.05, 0.1) is 0 Å². The van der Waals surface area contributed by atoms with Gasteiger partial charge in [0.1, 0.15) is 0 Å². The fraction of sp³-hybridized carbons (Fsp3) is 1.00. The fourth-order valence-corrected chi connectivity index (χ4v) is 1.21. The molecule has 0 fully saturated rings.